The molecule has 0 amide bonds. The van der Waals surface area contributed by atoms with E-state index in [0.717, 1.165) is 7.28 Å². The molecule has 0 unspecified atom stereocenters. The highest BCUT2D eigenvalue weighted by Gasteiger charge is 1.88. The molecule has 0 atom stereocenters. The van der Waals surface area contributed by atoms with Crippen molar-refractivity contribution in [3.05, 3.63) is 27.8 Å². The molecular formula is C7H8BI. The molecule has 1 aromatic carbocycles. The summed E-state index contributed by atoms with van der Waals surface area (Å²) in [5.41, 5.74) is 1.42. The molecule has 0 N–H and O–H groups in total. The second-order valence-corrected chi connectivity index (χ2v) is 3.23. The maximum absolute atomic E-state index is 2.33. The summed E-state index contributed by atoms with van der Waals surface area (Å²) in [4.78, 5) is 0. The Balaban J connectivity index is 2.94. The van der Waals surface area contributed by atoms with Gasteiger partial charge in [0, 0.05) is 3.57 Å². The van der Waals surface area contributed by atoms with Crippen molar-refractivity contribution in [3.63, 3.8) is 0 Å². The highest BCUT2D eigenvalue weighted by atomic mass is 127. The summed E-state index contributed by atoms with van der Waals surface area (Å²) in [6.07, 6.45) is 0. The molecule has 0 heterocycles. The van der Waals surface area contributed by atoms with Crippen molar-refractivity contribution < 1.29 is 0 Å². The average molecular weight is 230 g/mol. The first-order chi connectivity index (χ1) is 4.33. The zero-order valence-electron chi connectivity index (χ0n) is 5.39. The van der Waals surface area contributed by atoms with Crippen molar-refractivity contribution in [1.29, 1.82) is 0 Å². The van der Waals surface area contributed by atoms with E-state index in [-0.39, 0.29) is 0 Å². The van der Waals surface area contributed by atoms with Crippen LogP contribution >= 0.6 is 22.6 Å². The van der Waals surface area contributed by atoms with E-state index in [1.807, 2.05) is 0 Å². The Hall–Kier alpha value is 0.0149. The van der Waals surface area contributed by atoms with Crippen LogP contribution in [0, 0.1) is 3.57 Å². The van der Waals surface area contributed by atoms with E-state index in [1.165, 1.54) is 9.03 Å². The minimum atomic E-state index is 1.14. The smallest absolute Gasteiger partial charge is 0.0849 e. The van der Waals surface area contributed by atoms with E-state index in [2.05, 4.69) is 53.7 Å². The summed E-state index contributed by atoms with van der Waals surface area (Å²) in [7, 11) is 1.14. The van der Waals surface area contributed by atoms with Crippen LogP contribution in [-0.2, 0) is 0 Å². The Kier molecular flexibility index (Phi) is 2.57. The topological polar surface area (TPSA) is 0 Å². The lowest BCUT2D eigenvalue weighted by molar-refractivity contribution is 1.69. The molecule has 1 rings (SSSR count). The Bertz CT molecular complexity index is 198. The van der Waals surface area contributed by atoms with Crippen LogP contribution < -0.4 is 5.46 Å². The minimum Gasteiger partial charge on any atom is -0.0849 e. The van der Waals surface area contributed by atoms with Gasteiger partial charge in [0.2, 0.25) is 0 Å². The van der Waals surface area contributed by atoms with E-state index in [4.69, 9.17) is 0 Å². The van der Waals surface area contributed by atoms with Gasteiger partial charge >= 0.3 is 0 Å². The van der Waals surface area contributed by atoms with E-state index < -0.39 is 0 Å². The normalized spacial score (nSPS) is 9.11. The van der Waals surface area contributed by atoms with Crippen LogP contribution in [0.2, 0.25) is 6.82 Å². The monoisotopic (exact) mass is 230 g/mol. The van der Waals surface area contributed by atoms with Crippen molar-refractivity contribution >= 4 is 35.3 Å². The summed E-state index contributed by atoms with van der Waals surface area (Å²) in [5.74, 6) is 0. The lowest BCUT2D eigenvalue weighted by Crippen LogP contribution is -2.09. The molecule has 0 nitrogen and oxygen atoms in total. The molecule has 0 spiro atoms. The second kappa shape index (κ2) is 3.25. The molecule has 1 aromatic rings. The molecule has 2 heteroatoms. The van der Waals surface area contributed by atoms with Crippen LogP contribution in [0.25, 0.3) is 0 Å². The third kappa shape index (κ3) is 2.01. The van der Waals surface area contributed by atoms with E-state index >= 15 is 0 Å². The molecule has 0 radical (unpaired) electrons. The highest BCUT2D eigenvalue weighted by molar-refractivity contribution is 14.1. The molecule has 0 bridgehead atoms. The van der Waals surface area contributed by atoms with Gasteiger partial charge < -0.3 is 0 Å². The second-order valence-electron chi connectivity index (χ2n) is 1.98. The fourth-order valence-electron chi connectivity index (χ4n) is 0.757. The molecule has 0 aliphatic rings. The predicted molar refractivity (Wildman–Crippen MR) is 51.8 cm³/mol. The van der Waals surface area contributed by atoms with Gasteiger partial charge in [-0.25, -0.2) is 0 Å². The van der Waals surface area contributed by atoms with Crippen molar-refractivity contribution in [2.45, 2.75) is 6.82 Å². The van der Waals surface area contributed by atoms with Gasteiger partial charge in [0.25, 0.3) is 0 Å². The molecular weight excluding hydrogens is 222 g/mol. The third-order valence-electron chi connectivity index (χ3n) is 1.30. The van der Waals surface area contributed by atoms with Gasteiger partial charge in [-0.2, -0.15) is 0 Å². The van der Waals surface area contributed by atoms with Crippen LogP contribution in [0.4, 0.5) is 0 Å². The van der Waals surface area contributed by atoms with Crippen molar-refractivity contribution in [3.8, 4) is 0 Å². The number of rotatable bonds is 1. The van der Waals surface area contributed by atoms with E-state index in [1.54, 1.807) is 0 Å². The van der Waals surface area contributed by atoms with Crippen LogP contribution in [-0.4, -0.2) is 7.28 Å². The van der Waals surface area contributed by atoms with Gasteiger partial charge in [-0.05, 0) is 28.7 Å². The molecule has 0 saturated carbocycles. The fraction of sp³-hybridized carbons (Fsp3) is 0.143. The number of benzene rings is 1. The van der Waals surface area contributed by atoms with Gasteiger partial charge in [0.05, 0.1) is 0 Å². The Morgan fingerprint density at radius 1 is 1.44 bits per heavy atom. The van der Waals surface area contributed by atoms with Gasteiger partial charge in [-0.3, -0.25) is 0 Å². The third-order valence-corrected chi connectivity index (χ3v) is 1.97. The molecule has 0 fully saturated rings. The Morgan fingerprint density at radius 3 is 2.67 bits per heavy atom. The molecule has 0 aromatic heterocycles. The van der Waals surface area contributed by atoms with Crippen molar-refractivity contribution in [1.82, 2.24) is 0 Å². The molecule has 0 aliphatic carbocycles. The average Bonchev–Trinajstić information content (AvgIpc) is 1.88. The quantitative estimate of drug-likeness (QED) is 0.505. The minimum absolute atomic E-state index is 1.14. The van der Waals surface area contributed by atoms with Crippen molar-refractivity contribution in [2.24, 2.45) is 0 Å². The lowest BCUT2D eigenvalue weighted by atomic mass is 9.74. The first-order valence-electron chi connectivity index (χ1n) is 3.07. The first-order valence-corrected chi connectivity index (χ1v) is 4.15. The van der Waals surface area contributed by atoms with Gasteiger partial charge in [-0.1, -0.05) is 30.5 Å². The largest absolute Gasteiger partial charge is 0.154 e. The summed E-state index contributed by atoms with van der Waals surface area (Å²) in [6.45, 7) is 2.17. The summed E-state index contributed by atoms with van der Waals surface area (Å²) in [6, 6.07) is 8.57. The Morgan fingerprint density at radius 2 is 2.22 bits per heavy atom. The SMILES string of the molecule is CBc1cccc(I)c1. The van der Waals surface area contributed by atoms with Crippen LogP contribution in [0.3, 0.4) is 0 Å². The van der Waals surface area contributed by atoms with Gasteiger partial charge in [-0.15, -0.1) is 0 Å². The van der Waals surface area contributed by atoms with Crippen LogP contribution in [0.15, 0.2) is 24.3 Å². The summed E-state index contributed by atoms with van der Waals surface area (Å²) >= 11 is 2.33. The molecule has 46 valence electrons. The predicted octanol–water partition coefficient (Wildman–Crippen LogP) is 1.40. The summed E-state index contributed by atoms with van der Waals surface area (Å²) in [5, 5.41) is 0. The maximum atomic E-state index is 2.33. The number of halogens is 1. The Labute approximate surface area is 70.0 Å². The fourth-order valence-corrected chi connectivity index (χ4v) is 1.36. The zero-order valence-corrected chi connectivity index (χ0v) is 7.55. The molecule has 9 heavy (non-hydrogen) atoms. The molecule has 0 aliphatic heterocycles. The van der Waals surface area contributed by atoms with Gasteiger partial charge in [0.1, 0.15) is 0 Å². The standard InChI is InChI=1S/C7H8BI/c1-8-6-3-2-4-7(9)5-6/h2-5,8H,1H3. The van der Waals surface area contributed by atoms with Crippen molar-refractivity contribution in [2.75, 3.05) is 0 Å². The zero-order chi connectivity index (χ0) is 6.69. The summed E-state index contributed by atoms with van der Waals surface area (Å²) < 4.78 is 1.33. The van der Waals surface area contributed by atoms with E-state index in [9.17, 15) is 0 Å². The molecule has 0 saturated heterocycles. The van der Waals surface area contributed by atoms with Crippen LogP contribution in [0.1, 0.15) is 0 Å². The van der Waals surface area contributed by atoms with Crippen LogP contribution in [0.5, 0.6) is 0 Å². The number of hydrogen-bond donors (Lipinski definition) is 0. The number of hydrogen-bond acceptors (Lipinski definition) is 0. The highest BCUT2D eigenvalue weighted by Crippen LogP contribution is 1.99. The van der Waals surface area contributed by atoms with E-state index in [0.29, 0.717) is 0 Å². The van der Waals surface area contributed by atoms with Gasteiger partial charge in [0.15, 0.2) is 7.28 Å². The maximum Gasteiger partial charge on any atom is 0.154 e. The lowest BCUT2D eigenvalue weighted by Gasteiger charge is -1.93. The first kappa shape index (κ1) is 7.13.